The van der Waals surface area contributed by atoms with E-state index >= 15 is 0 Å². The minimum absolute atomic E-state index is 1.28. The summed E-state index contributed by atoms with van der Waals surface area (Å²) in [5.41, 5.74) is 10.4. The van der Waals surface area contributed by atoms with Gasteiger partial charge in [0, 0.05) is 0 Å². The van der Waals surface area contributed by atoms with Gasteiger partial charge in [0.25, 0.3) is 0 Å². The molecule has 0 spiro atoms. The van der Waals surface area contributed by atoms with Crippen LogP contribution in [-0.2, 0) is 0 Å². The van der Waals surface area contributed by atoms with Crippen molar-refractivity contribution < 1.29 is 0 Å². The van der Waals surface area contributed by atoms with E-state index < -0.39 is 0 Å². The van der Waals surface area contributed by atoms with E-state index in [0.717, 1.165) is 0 Å². The fraction of sp³-hybridized carbons (Fsp3) is 0. The van der Waals surface area contributed by atoms with Crippen molar-refractivity contribution in [1.29, 1.82) is 0 Å². The number of hydrogen-bond acceptors (Lipinski definition) is 0. The van der Waals surface area contributed by atoms with E-state index in [1.165, 1.54) is 66.1 Å². The van der Waals surface area contributed by atoms with Crippen molar-refractivity contribution in [3.63, 3.8) is 0 Å². The van der Waals surface area contributed by atoms with Crippen LogP contribution in [0.3, 0.4) is 0 Å². The molecule has 0 amide bonds. The molecule has 0 saturated heterocycles. The highest BCUT2D eigenvalue weighted by Crippen LogP contribution is 2.49. The number of rotatable bonds is 0. The Morgan fingerprint density at radius 1 is 0.219 bits per heavy atom. The Hall–Kier alpha value is -4.16. The third kappa shape index (κ3) is 2.50. The fourth-order valence-corrected chi connectivity index (χ4v) is 5.28. The molecule has 0 fully saturated rings. The monoisotopic (exact) mass is 404 g/mol. The zero-order chi connectivity index (χ0) is 21.1. The van der Waals surface area contributed by atoms with E-state index in [0.29, 0.717) is 0 Å². The van der Waals surface area contributed by atoms with E-state index in [9.17, 15) is 0 Å². The third-order valence-corrected chi connectivity index (χ3v) is 6.79. The summed E-state index contributed by atoms with van der Waals surface area (Å²) in [5, 5.41) is 5.10. The highest BCUT2D eigenvalue weighted by Gasteiger charge is 2.22. The Labute approximate surface area is 187 Å². The predicted octanol–water partition coefficient (Wildman–Crippen LogP) is 8.97. The molecule has 0 N–H and O–H groups in total. The van der Waals surface area contributed by atoms with Gasteiger partial charge >= 0.3 is 0 Å². The molecular formula is C32H20. The third-order valence-electron chi connectivity index (χ3n) is 6.79. The van der Waals surface area contributed by atoms with Gasteiger partial charge in [-0.1, -0.05) is 97.1 Å². The van der Waals surface area contributed by atoms with Crippen molar-refractivity contribution in [2.24, 2.45) is 0 Å². The molecule has 0 atom stereocenters. The lowest BCUT2D eigenvalue weighted by molar-refractivity contribution is 1.54. The molecule has 6 aromatic carbocycles. The van der Waals surface area contributed by atoms with Gasteiger partial charge in [0.05, 0.1) is 0 Å². The highest BCUT2D eigenvalue weighted by atomic mass is 14.3. The van der Waals surface area contributed by atoms with Crippen LogP contribution in [0.2, 0.25) is 0 Å². The van der Waals surface area contributed by atoms with Crippen molar-refractivity contribution >= 4 is 21.5 Å². The van der Waals surface area contributed by atoms with E-state index in [4.69, 9.17) is 0 Å². The fourth-order valence-electron chi connectivity index (χ4n) is 5.28. The normalized spacial score (nSPS) is 11.8. The minimum atomic E-state index is 1.28. The Morgan fingerprint density at radius 3 is 0.688 bits per heavy atom. The van der Waals surface area contributed by atoms with Gasteiger partial charge < -0.3 is 0 Å². The molecule has 7 rings (SSSR count). The molecule has 32 heavy (non-hydrogen) atoms. The average Bonchev–Trinajstić information content (AvgIpc) is 2.86. The van der Waals surface area contributed by atoms with E-state index in [1.54, 1.807) is 0 Å². The van der Waals surface area contributed by atoms with E-state index in [-0.39, 0.29) is 0 Å². The van der Waals surface area contributed by atoms with Crippen LogP contribution in [0.4, 0.5) is 0 Å². The van der Waals surface area contributed by atoms with Crippen LogP contribution in [0.1, 0.15) is 0 Å². The van der Waals surface area contributed by atoms with Crippen molar-refractivity contribution in [1.82, 2.24) is 0 Å². The van der Waals surface area contributed by atoms with Gasteiger partial charge in [-0.15, -0.1) is 0 Å². The maximum absolute atomic E-state index is 2.37. The standard InChI is InChI=1S/C32H20/c1-2-10-22-18-30-27-15-7-8-16-28(27)32-20-24-12-4-3-11-23(24)19-31(32)26-14-6-5-13-25(26)29(30)17-21(22)9-1/h1-20H. The Bertz CT molecular complexity index is 1420. The van der Waals surface area contributed by atoms with Gasteiger partial charge in [0.1, 0.15) is 0 Å². The zero-order valence-corrected chi connectivity index (χ0v) is 17.5. The Kier molecular flexibility index (Phi) is 3.65. The van der Waals surface area contributed by atoms with Gasteiger partial charge in [-0.05, 0) is 90.3 Å². The first-order chi connectivity index (χ1) is 15.9. The van der Waals surface area contributed by atoms with Crippen LogP contribution in [0.5, 0.6) is 0 Å². The average molecular weight is 405 g/mol. The maximum Gasteiger partial charge on any atom is -0.00926 e. The smallest absolute Gasteiger partial charge is 0.00926 e. The Balaban J connectivity index is 1.70. The lowest BCUT2D eigenvalue weighted by atomic mass is 9.79. The molecule has 148 valence electrons. The van der Waals surface area contributed by atoms with Crippen LogP contribution in [0.25, 0.3) is 66.1 Å². The molecule has 0 nitrogen and oxygen atoms in total. The largest absolute Gasteiger partial charge is 0.0616 e. The quantitative estimate of drug-likeness (QED) is 0.237. The molecule has 0 unspecified atom stereocenters. The molecule has 1 aliphatic carbocycles. The second-order valence-corrected chi connectivity index (χ2v) is 8.58. The first-order valence-corrected chi connectivity index (χ1v) is 11.1. The molecule has 0 heterocycles. The van der Waals surface area contributed by atoms with E-state index in [2.05, 4.69) is 121 Å². The van der Waals surface area contributed by atoms with Gasteiger partial charge in [0.2, 0.25) is 0 Å². The molecule has 0 radical (unpaired) electrons. The molecule has 0 aliphatic heterocycles. The first kappa shape index (κ1) is 17.5. The van der Waals surface area contributed by atoms with Crippen LogP contribution in [0, 0.1) is 0 Å². The van der Waals surface area contributed by atoms with Crippen molar-refractivity contribution in [2.45, 2.75) is 0 Å². The summed E-state index contributed by atoms with van der Waals surface area (Å²) in [6.45, 7) is 0. The summed E-state index contributed by atoms with van der Waals surface area (Å²) in [6.07, 6.45) is 0. The lowest BCUT2D eigenvalue weighted by Crippen LogP contribution is -1.97. The number of hydrogen-bond donors (Lipinski definition) is 0. The van der Waals surface area contributed by atoms with Crippen LogP contribution in [-0.4, -0.2) is 0 Å². The van der Waals surface area contributed by atoms with Crippen LogP contribution in [0.15, 0.2) is 121 Å². The first-order valence-electron chi connectivity index (χ1n) is 11.1. The summed E-state index contributed by atoms with van der Waals surface area (Å²) in [7, 11) is 0. The SMILES string of the molecule is c1ccc2c(c1)-c1cc3ccccc3cc1-c1ccccc1-c1cc3ccccc3cc1-2. The summed E-state index contributed by atoms with van der Waals surface area (Å²) < 4.78 is 0. The molecule has 1 aliphatic rings. The molecule has 0 aromatic heterocycles. The van der Waals surface area contributed by atoms with E-state index in [1.807, 2.05) is 0 Å². The zero-order valence-electron chi connectivity index (χ0n) is 17.5. The van der Waals surface area contributed by atoms with Crippen LogP contribution < -0.4 is 0 Å². The highest BCUT2D eigenvalue weighted by molar-refractivity contribution is 6.08. The molecule has 0 saturated carbocycles. The van der Waals surface area contributed by atoms with Gasteiger partial charge in [0.15, 0.2) is 0 Å². The molecule has 6 aromatic rings. The van der Waals surface area contributed by atoms with Crippen molar-refractivity contribution in [3.05, 3.63) is 121 Å². The van der Waals surface area contributed by atoms with Crippen molar-refractivity contribution in [2.75, 3.05) is 0 Å². The molecule has 0 bridgehead atoms. The summed E-state index contributed by atoms with van der Waals surface area (Å²) in [6, 6.07) is 44.5. The second kappa shape index (κ2) is 6.67. The Morgan fingerprint density at radius 2 is 0.438 bits per heavy atom. The predicted molar refractivity (Wildman–Crippen MR) is 137 cm³/mol. The van der Waals surface area contributed by atoms with Gasteiger partial charge in [-0.3, -0.25) is 0 Å². The topological polar surface area (TPSA) is 0 Å². The van der Waals surface area contributed by atoms with Crippen molar-refractivity contribution in [3.8, 4) is 44.5 Å². The number of fused-ring (bicyclic) bond motifs is 10. The number of benzene rings is 6. The van der Waals surface area contributed by atoms with Crippen LogP contribution >= 0.6 is 0 Å². The lowest BCUT2D eigenvalue weighted by Gasteiger charge is -2.24. The maximum atomic E-state index is 2.37. The summed E-state index contributed by atoms with van der Waals surface area (Å²) in [4.78, 5) is 0. The summed E-state index contributed by atoms with van der Waals surface area (Å²) in [5.74, 6) is 0. The second-order valence-electron chi connectivity index (χ2n) is 8.58. The minimum Gasteiger partial charge on any atom is -0.0616 e. The molecule has 0 heteroatoms. The summed E-state index contributed by atoms with van der Waals surface area (Å²) >= 11 is 0. The van der Waals surface area contributed by atoms with Gasteiger partial charge in [-0.2, -0.15) is 0 Å². The van der Waals surface area contributed by atoms with Gasteiger partial charge in [-0.25, -0.2) is 0 Å². The molecular weight excluding hydrogens is 384 g/mol.